The molecular weight excluding hydrogens is 242 g/mol. The van der Waals surface area contributed by atoms with Crippen LogP contribution in [0.4, 0.5) is 0 Å². The Morgan fingerprint density at radius 2 is 2.32 bits per heavy atom. The fourth-order valence-corrected chi connectivity index (χ4v) is 2.40. The number of carbonyl (C=O) groups is 1. The van der Waals surface area contributed by atoms with Crippen molar-refractivity contribution >= 4 is 5.97 Å². The van der Waals surface area contributed by atoms with Gasteiger partial charge in [-0.1, -0.05) is 6.07 Å². The number of ether oxygens (including phenoxy) is 2. The summed E-state index contributed by atoms with van der Waals surface area (Å²) in [5, 5.41) is 0. The summed E-state index contributed by atoms with van der Waals surface area (Å²) in [5.74, 6) is 0.334. The van der Waals surface area contributed by atoms with Crippen LogP contribution in [0.3, 0.4) is 0 Å². The topological polar surface area (TPSA) is 61.5 Å². The van der Waals surface area contributed by atoms with Gasteiger partial charge in [0.2, 0.25) is 0 Å². The summed E-state index contributed by atoms with van der Waals surface area (Å²) >= 11 is 0. The molecule has 1 aromatic carbocycles. The minimum absolute atomic E-state index is 0.0743. The third-order valence-electron chi connectivity index (χ3n) is 3.41. The zero-order chi connectivity index (χ0) is 13.8. The molecule has 0 heterocycles. The third-order valence-corrected chi connectivity index (χ3v) is 3.41. The lowest BCUT2D eigenvalue weighted by molar-refractivity contribution is -0.150. The molecule has 1 aliphatic rings. The van der Waals surface area contributed by atoms with E-state index in [0.717, 1.165) is 24.8 Å². The standard InChI is InChI=1S/C15H21NO3/c1-3-18-15(17)10(2)19-12-8-7-11-5-4-6-14(16)13(11)9-12/h7-10,14H,3-6,16H2,1-2H3/t10?,14-/m1/s1. The third kappa shape index (κ3) is 3.26. The normalized spacial score (nSPS) is 19.4. The van der Waals surface area contributed by atoms with Gasteiger partial charge in [0.15, 0.2) is 6.10 Å². The molecule has 0 aromatic heterocycles. The summed E-state index contributed by atoms with van der Waals surface area (Å²) in [7, 11) is 0. The second kappa shape index (κ2) is 6.06. The molecule has 0 radical (unpaired) electrons. The highest BCUT2D eigenvalue weighted by atomic mass is 16.6. The number of fused-ring (bicyclic) bond motifs is 1. The smallest absolute Gasteiger partial charge is 0.347 e. The molecule has 2 atom stereocenters. The van der Waals surface area contributed by atoms with Crippen LogP contribution in [0, 0.1) is 0 Å². The van der Waals surface area contributed by atoms with Crippen LogP contribution in [0.1, 0.15) is 43.9 Å². The molecule has 1 aliphatic carbocycles. The zero-order valence-corrected chi connectivity index (χ0v) is 11.5. The van der Waals surface area contributed by atoms with Crippen molar-refractivity contribution in [2.75, 3.05) is 6.61 Å². The van der Waals surface area contributed by atoms with Crippen LogP contribution < -0.4 is 10.5 Å². The van der Waals surface area contributed by atoms with Crippen molar-refractivity contribution in [3.05, 3.63) is 29.3 Å². The SMILES string of the molecule is CCOC(=O)C(C)Oc1ccc2c(c1)[C@H](N)CCC2. The summed E-state index contributed by atoms with van der Waals surface area (Å²) in [5.41, 5.74) is 8.53. The van der Waals surface area contributed by atoms with Crippen molar-refractivity contribution in [2.24, 2.45) is 5.73 Å². The van der Waals surface area contributed by atoms with Gasteiger partial charge in [0.05, 0.1) is 6.61 Å². The van der Waals surface area contributed by atoms with Gasteiger partial charge in [-0.15, -0.1) is 0 Å². The molecule has 2 N–H and O–H groups in total. The Bertz CT molecular complexity index is 459. The second-order valence-electron chi connectivity index (χ2n) is 4.87. The van der Waals surface area contributed by atoms with E-state index in [2.05, 4.69) is 0 Å². The molecule has 4 heteroatoms. The average Bonchev–Trinajstić information content (AvgIpc) is 2.40. The average molecular weight is 263 g/mol. The Labute approximate surface area is 113 Å². The lowest BCUT2D eigenvalue weighted by Crippen LogP contribution is -2.26. The van der Waals surface area contributed by atoms with Crippen molar-refractivity contribution in [3.63, 3.8) is 0 Å². The van der Waals surface area contributed by atoms with Gasteiger partial charge in [-0.25, -0.2) is 4.79 Å². The van der Waals surface area contributed by atoms with Crippen molar-refractivity contribution in [1.82, 2.24) is 0 Å². The fourth-order valence-electron chi connectivity index (χ4n) is 2.40. The van der Waals surface area contributed by atoms with Gasteiger partial charge in [0, 0.05) is 6.04 Å². The quantitative estimate of drug-likeness (QED) is 0.847. The summed E-state index contributed by atoms with van der Waals surface area (Å²) in [6.07, 6.45) is 2.60. The van der Waals surface area contributed by atoms with Gasteiger partial charge in [-0.3, -0.25) is 0 Å². The molecule has 1 aromatic rings. The van der Waals surface area contributed by atoms with Crippen LogP contribution in [0.15, 0.2) is 18.2 Å². The fraction of sp³-hybridized carbons (Fsp3) is 0.533. The second-order valence-corrected chi connectivity index (χ2v) is 4.87. The molecule has 1 unspecified atom stereocenters. The molecule has 104 valence electrons. The Kier molecular flexibility index (Phi) is 4.43. The Morgan fingerprint density at radius 1 is 1.53 bits per heavy atom. The zero-order valence-electron chi connectivity index (χ0n) is 11.5. The molecule has 0 bridgehead atoms. The minimum atomic E-state index is -0.599. The van der Waals surface area contributed by atoms with E-state index in [0.29, 0.717) is 12.4 Å². The molecule has 0 saturated carbocycles. The number of esters is 1. The maximum atomic E-state index is 11.5. The van der Waals surface area contributed by atoms with Crippen LogP contribution in [0.2, 0.25) is 0 Å². The molecule has 0 amide bonds. The molecule has 19 heavy (non-hydrogen) atoms. The van der Waals surface area contributed by atoms with Crippen molar-refractivity contribution in [1.29, 1.82) is 0 Å². The number of carbonyl (C=O) groups excluding carboxylic acids is 1. The van der Waals surface area contributed by atoms with Gasteiger partial charge in [-0.05, 0) is 56.4 Å². The van der Waals surface area contributed by atoms with Gasteiger partial charge >= 0.3 is 5.97 Å². The van der Waals surface area contributed by atoms with Crippen molar-refractivity contribution in [2.45, 2.75) is 45.3 Å². The number of hydrogen-bond donors (Lipinski definition) is 1. The van der Waals surface area contributed by atoms with Gasteiger partial charge in [-0.2, -0.15) is 0 Å². The van der Waals surface area contributed by atoms with Crippen molar-refractivity contribution < 1.29 is 14.3 Å². The summed E-state index contributed by atoms with van der Waals surface area (Å²) in [6.45, 7) is 3.83. The number of nitrogens with two attached hydrogens (primary N) is 1. The highest BCUT2D eigenvalue weighted by molar-refractivity contribution is 5.74. The maximum absolute atomic E-state index is 11.5. The predicted octanol–water partition coefficient (Wildman–Crippen LogP) is 2.35. The van der Waals surface area contributed by atoms with E-state index >= 15 is 0 Å². The first-order valence-corrected chi connectivity index (χ1v) is 6.83. The molecule has 2 rings (SSSR count). The number of benzene rings is 1. The molecule has 4 nitrogen and oxygen atoms in total. The largest absolute Gasteiger partial charge is 0.479 e. The number of aryl methyl sites for hydroxylation is 1. The van der Waals surface area contributed by atoms with Crippen molar-refractivity contribution in [3.8, 4) is 5.75 Å². The lowest BCUT2D eigenvalue weighted by Gasteiger charge is -2.23. The Morgan fingerprint density at radius 3 is 3.05 bits per heavy atom. The van der Waals surface area contributed by atoms with E-state index < -0.39 is 6.10 Å². The van der Waals surface area contributed by atoms with Crippen LogP contribution >= 0.6 is 0 Å². The molecular formula is C15H21NO3. The highest BCUT2D eigenvalue weighted by Gasteiger charge is 2.20. The van der Waals surface area contributed by atoms with E-state index in [1.807, 2.05) is 18.2 Å². The maximum Gasteiger partial charge on any atom is 0.347 e. The minimum Gasteiger partial charge on any atom is -0.479 e. The summed E-state index contributed by atoms with van der Waals surface area (Å²) < 4.78 is 10.5. The molecule has 0 spiro atoms. The van der Waals surface area contributed by atoms with E-state index in [9.17, 15) is 4.79 Å². The molecule has 0 aliphatic heterocycles. The first-order chi connectivity index (χ1) is 9.11. The first kappa shape index (κ1) is 13.9. The Balaban J connectivity index is 2.09. The van der Waals surface area contributed by atoms with Crippen LogP contribution in [-0.4, -0.2) is 18.7 Å². The first-order valence-electron chi connectivity index (χ1n) is 6.83. The molecule has 0 fully saturated rings. The number of hydrogen-bond acceptors (Lipinski definition) is 4. The summed E-state index contributed by atoms with van der Waals surface area (Å²) in [4.78, 5) is 11.5. The van der Waals surface area contributed by atoms with E-state index in [4.69, 9.17) is 15.2 Å². The molecule has 0 saturated heterocycles. The van der Waals surface area contributed by atoms with Gasteiger partial charge in [0.1, 0.15) is 5.75 Å². The van der Waals surface area contributed by atoms with Crippen LogP contribution in [0.25, 0.3) is 0 Å². The highest BCUT2D eigenvalue weighted by Crippen LogP contribution is 2.31. The predicted molar refractivity (Wildman–Crippen MR) is 73.0 cm³/mol. The lowest BCUT2D eigenvalue weighted by atomic mass is 9.88. The van der Waals surface area contributed by atoms with E-state index in [-0.39, 0.29) is 12.0 Å². The van der Waals surface area contributed by atoms with Crippen LogP contribution in [-0.2, 0) is 16.0 Å². The number of rotatable bonds is 4. The van der Waals surface area contributed by atoms with E-state index in [1.54, 1.807) is 13.8 Å². The van der Waals surface area contributed by atoms with E-state index in [1.165, 1.54) is 5.56 Å². The monoisotopic (exact) mass is 263 g/mol. The van der Waals surface area contributed by atoms with Gasteiger partial charge < -0.3 is 15.2 Å². The Hall–Kier alpha value is -1.55. The van der Waals surface area contributed by atoms with Gasteiger partial charge in [0.25, 0.3) is 0 Å². The summed E-state index contributed by atoms with van der Waals surface area (Å²) in [6, 6.07) is 5.97. The van der Waals surface area contributed by atoms with Crippen LogP contribution in [0.5, 0.6) is 5.75 Å².